The second-order valence-electron chi connectivity index (χ2n) is 11.5. The van der Waals surface area contributed by atoms with Gasteiger partial charge in [-0.2, -0.15) is 5.10 Å². The first-order valence-corrected chi connectivity index (χ1v) is 15.3. The van der Waals surface area contributed by atoms with Gasteiger partial charge in [-0.1, -0.05) is 12.1 Å². The summed E-state index contributed by atoms with van der Waals surface area (Å²) in [5.41, 5.74) is 3.13. The lowest BCUT2D eigenvalue weighted by Gasteiger charge is -2.18. The Kier molecular flexibility index (Phi) is 8.02. The molecule has 222 valence electrons. The molecule has 0 unspecified atom stereocenters. The number of aryl methyl sites for hydroxylation is 2. The van der Waals surface area contributed by atoms with E-state index in [0.717, 1.165) is 5.69 Å². The number of anilines is 1. The number of rotatable bonds is 8. The van der Waals surface area contributed by atoms with E-state index in [0.29, 0.717) is 33.3 Å². The molecule has 0 saturated heterocycles. The van der Waals surface area contributed by atoms with Crippen LogP contribution in [0.3, 0.4) is 0 Å². The van der Waals surface area contributed by atoms with Crippen LogP contribution in [0, 0.1) is 19.7 Å². The zero-order valence-electron chi connectivity index (χ0n) is 24.6. The zero-order valence-corrected chi connectivity index (χ0v) is 25.4. The first-order valence-electron chi connectivity index (χ1n) is 13.6. The molecule has 0 spiro atoms. The molecule has 0 radical (unpaired) electrons. The molecule has 43 heavy (non-hydrogen) atoms. The fourth-order valence-corrected chi connectivity index (χ4v) is 5.91. The van der Waals surface area contributed by atoms with E-state index in [4.69, 9.17) is 4.74 Å². The largest absolute Gasteiger partial charge is 0.453 e. The van der Waals surface area contributed by atoms with Crippen LogP contribution in [0.5, 0.6) is 11.5 Å². The molecule has 3 heterocycles. The Labute approximate surface area is 249 Å². The summed E-state index contributed by atoms with van der Waals surface area (Å²) in [6.07, 6.45) is 6.33. The number of pyridine rings is 2. The second kappa shape index (κ2) is 11.6. The van der Waals surface area contributed by atoms with Crippen LogP contribution in [-0.2, 0) is 32.3 Å². The van der Waals surface area contributed by atoms with Crippen molar-refractivity contribution in [2.75, 3.05) is 5.32 Å². The minimum absolute atomic E-state index is 0.0258. The van der Waals surface area contributed by atoms with E-state index in [1.165, 1.54) is 24.4 Å². The molecule has 9 nitrogen and oxygen atoms in total. The maximum Gasteiger partial charge on any atom is 0.228 e. The van der Waals surface area contributed by atoms with Crippen molar-refractivity contribution in [3.05, 3.63) is 102 Å². The third kappa shape index (κ3) is 6.89. The van der Waals surface area contributed by atoms with Gasteiger partial charge in [0.2, 0.25) is 5.91 Å². The van der Waals surface area contributed by atoms with Crippen LogP contribution < -0.4 is 10.1 Å². The molecule has 0 saturated carbocycles. The predicted molar refractivity (Wildman–Crippen MR) is 162 cm³/mol. The van der Waals surface area contributed by atoms with Crippen LogP contribution in [-0.4, -0.2) is 34.1 Å². The van der Waals surface area contributed by atoms with Crippen molar-refractivity contribution < 1.29 is 22.3 Å². The summed E-state index contributed by atoms with van der Waals surface area (Å²) in [5, 5.41) is 7.49. The maximum absolute atomic E-state index is 15.4. The fourth-order valence-electron chi connectivity index (χ4n) is 4.56. The van der Waals surface area contributed by atoms with Crippen molar-refractivity contribution in [3.63, 3.8) is 0 Å². The standard InChI is InChI=1S/C32H32FN5O4S/c1-20-12-23(14-30(39)37-24-17-36-38(18-24)32(3,4)5)13-27(33)31(20)42-29-10-11-34-28-9-8-25(15-26(28)29)43(40,41)19-22-7-6-21(2)35-16-22/h6-13,15-18H,14,19H2,1-5H3,(H,37,39). The fraction of sp³-hybridized carbons (Fsp3) is 0.250. The molecule has 1 N–H and O–H groups in total. The van der Waals surface area contributed by atoms with E-state index >= 15 is 4.39 Å². The van der Waals surface area contributed by atoms with Gasteiger partial charge in [0.25, 0.3) is 0 Å². The number of aromatic nitrogens is 4. The van der Waals surface area contributed by atoms with Gasteiger partial charge in [0.15, 0.2) is 21.4 Å². The normalized spacial score (nSPS) is 12.0. The number of halogens is 1. The molecule has 5 rings (SSSR count). The Morgan fingerprint density at radius 2 is 1.79 bits per heavy atom. The lowest BCUT2D eigenvalue weighted by atomic mass is 10.1. The number of sulfone groups is 1. The van der Waals surface area contributed by atoms with Crippen molar-refractivity contribution in [1.82, 2.24) is 19.7 Å². The number of nitrogens with one attached hydrogen (secondary N) is 1. The molecule has 1 amide bonds. The quantitative estimate of drug-likeness (QED) is 0.222. The van der Waals surface area contributed by atoms with E-state index in [-0.39, 0.29) is 40.0 Å². The van der Waals surface area contributed by atoms with Gasteiger partial charge in [-0.15, -0.1) is 0 Å². The number of fused-ring (bicyclic) bond motifs is 1. The molecule has 2 aromatic carbocycles. The molecule has 0 aliphatic rings. The second-order valence-corrected chi connectivity index (χ2v) is 13.4. The highest BCUT2D eigenvalue weighted by atomic mass is 32.2. The van der Waals surface area contributed by atoms with Gasteiger partial charge in [-0.25, -0.2) is 12.8 Å². The highest BCUT2D eigenvalue weighted by Gasteiger charge is 2.20. The number of benzene rings is 2. The van der Waals surface area contributed by atoms with Crippen molar-refractivity contribution in [2.24, 2.45) is 0 Å². The Balaban J connectivity index is 1.36. The van der Waals surface area contributed by atoms with Gasteiger partial charge >= 0.3 is 0 Å². The smallest absolute Gasteiger partial charge is 0.228 e. The van der Waals surface area contributed by atoms with E-state index in [1.54, 1.807) is 60.5 Å². The topological polar surface area (TPSA) is 116 Å². The first-order chi connectivity index (χ1) is 20.3. The average molecular weight is 602 g/mol. The van der Waals surface area contributed by atoms with E-state index in [2.05, 4.69) is 20.4 Å². The molecule has 0 atom stereocenters. The van der Waals surface area contributed by atoms with Gasteiger partial charge in [-0.3, -0.25) is 19.4 Å². The molecular weight excluding hydrogens is 569 g/mol. The number of carbonyl (C=O) groups excluding carboxylic acids is 1. The SMILES string of the molecule is Cc1ccc(CS(=O)(=O)c2ccc3nccc(Oc4c(C)cc(CC(=O)Nc5cnn(C(C)(C)C)c5)cc4F)c3c2)cn1. The Morgan fingerprint density at radius 1 is 1.00 bits per heavy atom. The number of hydrogen-bond acceptors (Lipinski definition) is 7. The molecule has 0 bridgehead atoms. The highest BCUT2D eigenvalue weighted by molar-refractivity contribution is 7.90. The summed E-state index contributed by atoms with van der Waals surface area (Å²) in [7, 11) is -3.71. The first kappa shape index (κ1) is 29.8. The zero-order chi connectivity index (χ0) is 30.9. The molecule has 3 aromatic heterocycles. The van der Waals surface area contributed by atoms with Crippen molar-refractivity contribution in [2.45, 2.75) is 57.2 Å². The van der Waals surface area contributed by atoms with Crippen LogP contribution in [0.4, 0.5) is 10.1 Å². The highest BCUT2D eigenvalue weighted by Crippen LogP contribution is 2.34. The van der Waals surface area contributed by atoms with Crippen molar-refractivity contribution in [1.29, 1.82) is 0 Å². The number of ether oxygens (including phenoxy) is 1. The number of nitrogens with zero attached hydrogens (tertiary/aromatic N) is 4. The van der Waals surface area contributed by atoms with Gasteiger partial charge in [0.05, 0.1) is 40.0 Å². The number of carbonyl (C=O) groups is 1. The van der Waals surface area contributed by atoms with Crippen molar-refractivity contribution in [3.8, 4) is 11.5 Å². The molecule has 11 heteroatoms. The Hall–Kier alpha value is -4.64. The lowest BCUT2D eigenvalue weighted by molar-refractivity contribution is -0.115. The molecule has 0 aliphatic heterocycles. The summed E-state index contributed by atoms with van der Waals surface area (Å²) < 4.78 is 49.5. The molecular formula is C32H32FN5O4S. The monoisotopic (exact) mass is 601 g/mol. The lowest BCUT2D eigenvalue weighted by Crippen LogP contribution is -2.22. The Morgan fingerprint density at radius 3 is 2.47 bits per heavy atom. The minimum atomic E-state index is -3.71. The maximum atomic E-state index is 15.4. The number of amides is 1. The van der Waals surface area contributed by atoms with Crippen LogP contribution in [0.2, 0.25) is 0 Å². The van der Waals surface area contributed by atoms with Crippen LogP contribution >= 0.6 is 0 Å². The van der Waals surface area contributed by atoms with Gasteiger partial charge in [0, 0.05) is 29.7 Å². The number of hydrogen-bond donors (Lipinski definition) is 1. The van der Waals surface area contributed by atoms with Crippen LogP contribution in [0.15, 0.2) is 78.2 Å². The van der Waals surface area contributed by atoms with Gasteiger partial charge in [-0.05, 0) is 87.7 Å². The van der Waals surface area contributed by atoms with Crippen LogP contribution in [0.1, 0.15) is 43.2 Å². The van der Waals surface area contributed by atoms with E-state index in [1.807, 2.05) is 27.7 Å². The molecule has 0 fully saturated rings. The molecule has 5 aromatic rings. The third-order valence-electron chi connectivity index (χ3n) is 6.78. The van der Waals surface area contributed by atoms with Gasteiger partial charge in [0.1, 0.15) is 5.75 Å². The van der Waals surface area contributed by atoms with E-state index in [9.17, 15) is 13.2 Å². The van der Waals surface area contributed by atoms with E-state index < -0.39 is 15.7 Å². The van der Waals surface area contributed by atoms with Gasteiger partial charge < -0.3 is 10.1 Å². The third-order valence-corrected chi connectivity index (χ3v) is 8.47. The van der Waals surface area contributed by atoms with Crippen molar-refractivity contribution >= 4 is 32.3 Å². The summed E-state index contributed by atoms with van der Waals surface area (Å²) in [6, 6.07) is 12.6. The summed E-state index contributed by atoms with van der Waals surface area (Å²) >= 11 is 0. The predicted octanol–water partition coefficient (Wildman–Crippen LogP) is 6.28. The Bertz CT molecular complexity index is 1910. The molecule has 0 aliphatic carbocycles. The van der Waals surface area contributed by atoms with Crippen LogP contribution in [0.25, 0.3) is 10.9 Å². The summed E-state index contributed by atoms with van der Waals surface area (Å²) in [4.78, 5) is 21.2. The summed E-state index contributed by atoms with van der Waals surface area (Å²) in [6.45, 7) is 9.52. The summed E-state index contributed by atoms with van der Waals surface area (Å²) in [5.74, 6) is -0.950. The average Bonchev–Trinajstić information content (AvgIpc) is 3.41. The minimum Gasteiger partial charge on any atom is -0.453 e.